The second-order valence-corrected chi connectivity index (χ2v) is 9.57. The van der Waals surface area contributed by atoms with Crippen molar-refractivity contribution in [1.29, 1.82) is 0 Å². The highest BCUT2D eigenvalue weighted by Crippen LogP contribution is 2.26. The number of benzene rings is 2. The summed E-state index contributed by atoms with van der Waals surface area (Å²) in [7, 11) is 1.72. The van der Waals surface area contributed by atoms with E-state index >= 15 is 0 Å². The Morgan fingerprint density at radius 3 is 2.41 bits per heavy atom. The van der Waals surface area contributed by atoms with Crippen LogP contribution in [-0.4, -0.2) is 59.9 Å². The van der Waals surface area contributed by atoms with Gasteiger partial charge in [0.05, 0.1) is 0 Å². The highest BCUT2D eigenvalue weighted by atomic mass is 16.2. The van der Waals surface area contributed by atoms with Crippen LogP contribution in [0, 0.1) is 0 Å². The summed E-state index contributed by atoms with van der Waals surface area (Å²) in [4.78, 5) is 43.8. The number of likely N-dealkylation sites (N-methyl/N-ethyl adjacent to an activating group) is 1. The molecule has 2 fully saturated rings. The number of carbonyl (C=O) groups excluding carboxylic acids is 3. The van der Waals surface area contributed by atoms with Crippen molar-refractivity contribution in [3.63, 3.8) is 0 Å². The molecular formula is C27H34N4O3. The Bertz CT molecular complexity index is 1040. The molecule has 1 atom stereocenters. The number of para-hydroxylation sites is 1. The molecule has 2 aliphatic rings. The Morgan fingerprint density at radius 2 is 1.68 bits per heavy atom. The number of hydrogen-bond donors (Lipinski definition) is 1. The van der Waals surface area contributed by atoms with Crippen molar-refractivity contribution in [3.8, 4) is 0 Å². The van der Waals surface area contributed by atoms with Gasteiger partial charge in [0.25, 0.3) is 5.91 Å². The van der Waals surface area contributed by atoms with Crippen LogP contribution >= 0.6 is 0 Å². The highest BCUT2D eigenvalue weighted by Gasteiger charge is 2.48. The molecule has 1 N–H and O–H groups in total. The van der Waals surface area contributed by atoms with Gasteiger partial charge in [0.15, 0.2) is 0 Å². The molecule has 0 radical (unpaired) electrons. The van der Waals surface area contributed by atoms with Crippen LogP contribution in [0.15, 0.2) is 54.6 Å². The Morgan fingerprint density at radius 1 is 1.00 bits per heavy atom. The predicted molar refractivity (Wildman–Crippen MR) is 132 cm³/mol. The fourth-order valence-corrected chi connectivity index (χ4v) is 4.79. The van der Waals surface area contributed by atoms with Crippen LogP contribution in [0.3, 0.4) is 0 Å². The van der Waals surface area contributed by atoms with Crippen molar-refractivity contribution >= 4 is 23.5 Å². The molecule has 180 valence electrons. The standard InChI is InChI=1S/C27H34N4O3/c1-27(16-15-21-11-5-3-6-12-21)25(33)31(26(34)28-27)20-24(32)29(2)19-22-13-7-8-14-23(22)30-17-9-4-10-18-30/h3,5-8,11-14H,4,9-10,15-20H2,1-2H3,(H,28,34). The van der Waals surface area contributed by atoms with E-state index in [0.717, 1.165) is 34.8 Å². The van der Waals surface area contributed by atoms with Gasteiger partial charge < -0.3 is 15.1 Å². The second-order valence-electron chi connectivity index (χ2n) is 9.57. The number of nitrogens with one attached hydrogen (secondary N) is 1. The molecule has 34 heavy (non-hydrogen) atoms. The smallest absolute Gasteiger partial charge is 0.325 e. The molecule has 2 aromatic rings. The average molecular weight is 463 g/mol. The lowest BCUT2D eigenvalue weighted by Crippen LogP contribution is -2.45. The molecule has 2 aromatic carbocycles. The largest absolute Gasteiger partial charge is 0.371 e. The normalized spacial score (nSPS) is 20.4. The molecule has 4 amide bonds. The number of amides is 4. The van der Waals surface area contributed by atoms with Gasteiger partial charge in [-0.15, -0.1) is 0 Å². The van der Waals surface area contributed by atoms with E-state index in [1.165, 1.54) is 19.3 Å². The average Bonchev–Trinajstić information content (AvgIpc) is 3.07. The molecular weight excluding hydrogens is 428 g/mol. The zero-order valence-electron chi connectivity index (χ0n) is 20.1. The van der Waals surface area contributed by atoms with Crippen LogP contribution < -0.4 is 10.2 Å². The molecule has 0 bridgehead atoms. The lowest BCUT2D eigenvalue weighted by molar-refractivity contribution is -0.138. The number of urea groups is 1. The topological polar surface area (TPSA) is 73.0 Å². The summed E-state index contributed by atoms with van der Waals surface area (Å²) in [6, 6.07) is 17.5. The Balaban J connectivity index is 1.38. The number of rotatable bonds is 8. The van der Waals surface area contributed by atoms with E-state index in [1.807, 2.05) is 48.5 Å². The van der Waals surface area contributed by atoms with E-state index in [4.69, 9.17) is 0 Å². The molecule has 2 heterocycles. The van der Waals surface area contributed by atoms with Gasteiger partial charge in [0.1, 0.15) is 12.1 Å². The maximum Gasteiger partial charge on any atom is 0.325 e. The summed E-state index contributed by atoms with van der Waals surface area (Å²) >= 11 is 0. The van der Waals surface area contributed by atoms with E-state index < -0.39 is 11.6 Å². The summed E-state index contributed by atoms with van der Waals surface area (Å²) in [5, 5.41) is 2.81. The molecule has 7 nitrogen and oxygen atoms in total. The molecule has 0 aliphatic carbocycles. The van der Waals surface area contributed by atoms with Gasteiger partial charge >= 0.3 is 6.03 Å². The highest BCUT2D eigenvalue weighted by molar-refractivity contribution is 6.08. The van der Waals surface area contributed by atoms with Crippen LogP contribution in [0.1, 0.15) is 43.7 Å². The molecule has 7 heteroatoms. The minimum Gasteiger partial charge on any atom is -0.371 e. The minimum absolute atomic E-state index is 0.256. The monoisotopic (exact) mass is 462 g/mol. The number of nitrogens with zero attached hydrogens (tertiary/aromatic N) is 3. The van der Waals surface area contributed by atoms with Crippen LogP contribution in [0.2, 0.25) is 0 Å². The maximum atomic E-state index is 13.1. The Labute approximate surface area is 201 Å². The predicted octanol–water partition coefficient (Wildman–Crippen LogP) is 3.58. The molecule has 0 saturated carbocycles. The molecule has 2 saturated heterocycles. The van der Waals surface area contributed by atoms with Crippen LogP contribution in [0.5, 0.6) is 0 Å². The molecule has 1 unspecified atom stereocenters. The molecule has 0 spiro atoms. The first-order valence-corrected chi connectivity index (χ1v) is 12.1. The fourth-order valence-electron chi connectivity index (χ4n) is 4.79. The zero-order chi connectivity index (χ0) is 24.1. The zero-order valence-corrected chi connectivity index (χ0v) is 20.1. The van der Waals surface area contributed by atoms with Crippen LogP contribution in [-0.2, 0) is 22.6 Å². The summed E-state index contributed by atoms with van der Waals surface area (Å²) in [5.74, 6) is -0.604. The van der Waals surface area contributed by atoms with Gasteiger partial charge in [-0.1, -0.05) is 48.5 Å². The third kappa shape index (κ3) is 5.24. The van der Waals surface area contributed by atoms with E-state index in [-0.39, 0.29) is 18.4 Å². The lowest BCUT2D eigenvalue weighted by Gasteiger charge is -2.31. The third-order valence-electron chi connectivity index (χ3n) is 6.92. The Hall–Kier alpha value is -3.35. The first kappa shape index (κ1) is 23.8. The van der Waals surface area contributed by atoms with E-state index in [1.54, 1.807) is 18.9 Å². The van der Waals surface area contributed by atoms with Gasteiger partial charge in [0, 0.05) is 32.4 Å². The van der Waals surface area contributed by atoms with Gasteiger partial charge in [-0.3, -0.25) is 14.5 Å². The van der Waals surface area contributed by atoms with Gasteiger partial charge in [-0.05, 0) is 56.2 Å². The second kappa shape index (κ2) is 10.3. The van der Waals surface area contributed by atoms with Crippen molar-refractivity contribution in [3.05, 3.63) is 65.7 Å². The molecule has 4 rings (SSSR count). The summed E-state index contributed by atoms with van der Waals surface area (Å²) < 4.78 is 0. The lowest BCUT2D eigenvalue weighted by atomic mass is 9.93. The third-order valence-corrected chi connectivity index (χ3v) is 6.92. The van der Waals surface area contributed by atoms with Crippen molar-refractivity contribution < 1.29 is 14.4 Å². The van der Waals surface area contributed by atoms with E-state index in [0.29, 0.717) is 19.4 Å². The SMILES string of the molecule is CN(Cc1ccccc1N1CCCCC1)C(=O)CN1C(=O)NC(C)(CCc2ccccc2)C1=O. The first-order chi connectivity index (χ1) is 16.4. The van der Waals surface area contributed by atoms with Gasteiger partial charge in [-0.2, -0.15) is 0 Å². The molecule has 2 aliphatic heterocycles. The quantitative estimate of drug-likeness (QED) is 0.609. The number of imide groups is 1. The van der Waals surface area contributed by atoms with E-state index in [9.17, 15) is 14.4 Å². The summed E-state index contributed by atoms with van der Waals surface area (Å²) in [6.45, 7) is 3.96. The number of piperidine rings is 1. The number of carbonyl (C=O) groups is 3. The van der Waals surface area contributed by atoms with Crippen molar-refractivity contribution in [2.24, 2.45) is 0 Å². The minimum atomic E-state index is -1.01. The van der Waals surface area contributed by atoms with Crippen molar-refractivity contribution in [2.75, 3.05) is 31.6 Å². The van der Waals surface area contributed by atoms with Gasteiger partial charge in [-0.25, -0.2) is 4.79 Å². The number of aryl methyl sites for hydroxylation is 1. The van der Waals surface area contributed by atoms with Crippen LogP contribution in [0.25, 0.3) is 0 Å². The van der Waals surface area contributed by atoms with Crippen molar-refractivity contribution in [1.82, 2.24) is 15.1 Å². The maximum absolute atomic E-state index is 13.1. The summed E-state index contributed by atoms with van der Waals surface area (Å²) in [5.41, 5.74) is 2.33. The Kier molecular flexibility index (Phi) is 7.20. The van der Waals surface area contributed by atoms with Crippen LogP contribution in [0.4, 0.5) is 10.5 Å². The van der Waals surface area contributed by atoms with E-state index in [2.05, 4.69) is 16.3 Å². The fraction of sp³-hybridized carbons (Fsp3) is 0.444. The summed E-state index contributed by atoms with van der Waals surface area (Å²) in [6.07, 6.45) is 4.76. The number of hydrogen-bond acceptors (Lipinski definition) is 4. The molecule has 0 aromatic heterocycles. The van der Waals surface area contributed by atoms with Gasteiger partial charge in [0.2, 0.25) is 5.91 Å². The first-order valence-electron chi connectivity index (χ1n) is 12.1. The number of anilines is 1. The van der Waals surface area contributed by atoms with Crippen molar-refractivity contribution in [2.45, 2.75) is 51.1 Å².